The van der Waals surface area contributed by atoms with Crippen LogP contribution in [0.4, 0.5) is 0 Å². The Hall–Kier alpha value is -2.21. The summed E-state index contributed by atoms with van der Waals surface area (Å²) in [4.78, 5) is 31.5. The van der Waals surface area contributed by atoms with Gasteiger partial charge in [0.25, 0.3) is 5.91 Å². The fourth-order valence-electron chi connectivity index (χ4n) is 5.23. The molecule has 1 saturated carbocycles. The van der Waals surface area contributed by atoms with Crippen LogP contribution in [0.25, 0.3) is 10.6 Å². The molecule has 4 rings (SSSR count). The van der Waals surface area contributed by atoms with Crippen molar-refractivity contribution in [2.45, 2.75) is 53.0 Å². The Morgan fingerprint density at radius 2 is 1.93 bits per heavy atom. The van der Waals surface area contributed by atoms with Gasteiger partial charge in [-0.1, -0.05) is 50.6 Å². The maximum Gasteiger partial charge on any atom is 0.358 e. The highest BCUT2D eigenvalue weighted by molar-refractivity contribution is 7.13. The topological polar surface area (TPSA) is 59.5 Å². The highest BCUT2D eigenvalue weighted by atomic mass is 32.1. The molecule has 2 fully saturated rings. The number of likely N-dealkylation sites (tertiary alicyclic amines) is 1. The van der Waals surface area contributed by atoms with Crippen LogP contribution in [0, 0.1) is 17.8 Å². The molecule has 154 valence electrons. The smallest absolute Gasteiger partial charge is 0.358 e. The molecule has 1 amide bonds. The predicted octanol–water partition coefficient (Wildman–Crippen LogP) is 4.70. The van der Waals surface area contributed by atoms with E-state index in [1.165, 1.54) is 16.9 Å². The molecule has 0 unspecified atom stereocenters. The average Bonchev–Trinajstić information content (AvgIpc) is 3.22. The summed E-state index contributed by atoms with van der Waals surface area (Å²) < 4.78 is 5.32. The molecule has 2 aromatic rings. The molecule has 1 aliphatic heterocycles. The van der Waals surface area contributed by atoms with Crippen LogP contribution in [0.1, 0.15) is 56.1 Å². The van der Waals surface area contributed by atoms with Crippen molar-refractivity contribution in [3.63, 3.8) is 0 Å². The minimum Gasteiger partial charge on any atom is -0.451 e. The molecular formula is C23H28N2O3S. The van der Waals surface area contributed by atoms with Crippen LogP contribution < -0.4 is 0 Å². The number of ether oxygens (including phenoxy) is 1. The number of carbonyl (C=O) groups is 2. The first kappa shape index (κ1) is 20.1. The number of aromatic nitrogens is 1. The van der Waals surface area contributed by atoms with E-state index in [1.54, 1.807) is 5.38 Å². The first-order chi connectivity index (χ1) is 13.6. The zero-order chi connectivity index (χ0) is 20.8. The van der Waals surface area contributed by atoms with Gasteiger partial charge in [0.05, 0.1) is 0 Å². The summed E-state index contributed by atoms with van der Waals surface area (Å²) in [7, 11) is 0. The number of rotatable bonds is 4. The van der Waals surface area contributed by atoms with Gasteiger partial charge < -0.3 is 9.64 Å². The quantitative estimate of drug-likeness (QED) is 0.683. The molecule has 2 atom stereocenters. The van der Waals surface area contributed by atoms with Crippen molar-refractivity contribution < 1.29 is 14.3 Å². The second-order valence-electron chi connectivity index (χ2n) is 9.72. The van der Waals surface area contributed by atoms with E-state index in [-0.39, 0.29) is 35.1 Å². The average molecular weight is 413 g/mol. The van der Waals surface area contributed by atoms with Crippen molar-refractivity contribution in [3.8, 4) is 10.6 Å². The number of benzene rings is 1. The maximum absolute atomic E-state index is 12.8. The van der Waals surface area contributed by atoms with Gasteiger partial charge in [0, 0.05) is 23.5 Å². The third kappa shape index (κ3) is 4.22. The molecule has 2 aliphatic rings. The van der Waals surface area contributed by atoms with Crippen LogP contribution in [-0.2, 0) is 9.53 Å². The molecule has 0 spiro atoms. The van der Waals surface area contributed by atoms with Gasteiger partial charge in [-0.15, -0.1) is 11.3 Å². The summed E-state index contributed by atoms with van der Waals surface area (Å²) in [6.07, 6.45) is 3.18. The van der Waals surface area contributed by atoms with E-state index in [2.05, 4.69) is 25.8 Å². The lowest BCUT2D eigenvalue weighted by Gasteiger charge is -2.39. The van der Waals surface area contributed by atoms with Crippen molar-refractivity contribution in [2.75, 3.05) is 13.2 Å². The normalized spacial score (nSPS) is 25.1. The van der Waals surface area contributed by atoms with Crippen LogP contribution in [-0.4, -0.2) is 41.0 Å². The molecule has 1 aromatic heterocycles. The minimum atomic E-state index is -0.540. The van der Waals surface area contributed by atoms with Gasteiger partial charge in [0.2, 0.25) is 0 Å². The molecule has 1 saturated heterocycles. The Kier molecular flexibility index (Phi) is 5.01. The molecule has 2 heterocycles. The summed E-state index contributed by atoms with van der Waals surface area (Å²) in [6, 6.07) is 8.26. The number of nitrogens with zero attached hydrogens (tertiary/aromatic N) is 2. The largest absolute Gasteiger partial charge is 0.451 e. The lowest BCUT2D eigenvalue weighted by molar-refractivity contribution is -0.135. The number of hydrogen-bond donors (Lipinski definition) is 0. The number of amides is 1. The van der Waals surface area contributed by atoms with Gasteiger partial charge in [-0.3, -0.25) is 4.79 Å². The molecule has 1 aliphatic carbocycles. The van der Waals surface area contributed by atoms with E-state index in [0.717, 1.165) is 36.4 Å². The van der Waals surface area contributed by atoms with Crippen molar-refractivity contribution in [3.05, 3.63) is 40.9 Å². The molecular weight excluding hydrogens is 384 g/mol. The van der Waals surface area contributed by atoms with Gasteiger partial charge in [-0.25, -0.2) is 9.78 Å². The van der Waals surface area contributed by atoms with Gasteiger partial charge >= 0.3 is 5.97 Å². The zero-order valence-corrected chi connectivity index (χ0v) is 18.3. The first-order valence-electron chi connectivity index (χ1n) is 10.1. The number of aryl methyl sites for hydroxylation is 1. The summed E-state index contributed by atoms with van der Waals surface area (Å²) in [5, 5.41) is 2.46. The summed E-state index contributed by atoms with van der Waals surface area (Å²) in [6.45, 7) is 9.39. The van der Waals surface area contributed by atoms with E-state index in [0.29, 0.717) is 0 Å². The Bertz CT molecular complexity index is 934. The van der Waals surface area contributed by atoms with Crippen molar-refractivity contribution in [1.29, 1.82) is 0 Å². The Morgan fingerprint density at radius 1 is 1.21 bits per heavy atom. The summed E-state index contributed by atoms with van der Waals surface area (Å²) >= 11 is 1.40. The number of hydrogen-bond acceptors (Lipinski definition) is 5. The molecule has 29 heavy (non-hydrogen) atoms. The Labute approximate surface area is 176 Å². The molecule has 0 N–H and O–H groups in total. The molecule has 2 bridgehead atoms. The molecule has 5 nitrogen and oxygen atoms in total. The standard InChI is InChI=1S/C23H28N2O3S/c1-15-5-7-16(8-6-15)20-24-18(12-29-20)21(27)28-11-19(26)25-14-23(4)10-17(25)9-22(2,3)13-23/h5-8,12,17H,9-11,13-14H2,1-4H3/t17-,23-/m1/s1. The summed E-state index contributed by atoms with van der Waals surface area (Å²) in [5.41, 5.74) is 2.81. The second kappa shape index (κ2) is 7.24. The van der Waals surface area contributed by atoms with Gasteiger partial charge in [-0.05, 0) is 37.0 Å². The predicted molar refractivity (Wildman–Crippen MR) is 114 cm³/mol. The lowest BCUT2D eigenvalue weighted by atomic mass is 9.65. The van der Waals surface area contributed by atoms with Gasteiger partial charge in [-0.2, -0.15) is 0 Å². The van der Waals surface area contributed by atoms with Crippen LogP contribution in [0.2, 0.25) is 0 Å². The fourth-order valence-corrected chi connectivity index (χ4v) is 6.03. The maximum atomic E-state index is 12.8. The van der Waals surface area contributed by atoms with Gasteiger partial charge in [0.1, 0.15) is 5.01 Å². The van der Waals surface area contributed by atoms with E-state index >= 15 is 0 Å². The highest BCUT2D eigenvalue weighted by Gasteiger charge is 2.50. The van der Waals surface area contributed by atoms with E-state index in [1.807, 2.05) is 36.1 Å². The van der Waals surface area contributed by atoms with E-state index < -0.39 is 5.97 Å². The highest BCUT2D eigenvalue weighted by Crippen LogP contribution is 2.52. The van der Waals surface area contributed by atoms with Crippen LogP contribution in [0.3, 0.4) is 0 Å². The number of esters is 1. The van der Waals surface area contributed by atoms with Crippen LogP contribution in [0.15, 0.2) is 29.6 Å². The minimum absolute atomic E-state index is 0.0984. The molecule has 0 radical (unpaired) electrons. The molecule has 6 heteroatoms. The number of thiazole rings is 1. The van der Waals surface area contributed by atoms with Crippen molar-refractivity contribution in [1.82, 2.24) is 9.88 Å². The van der Waals surface area contributed by atoms with Gasteiger partial charge in [0.15, 0.2) is 12.3 Å². The fraction of sp³-hybridized carbons (Fsp3) is 0.522. The first-order valence-corrected chi connectivity index (χ1v) is 11.0. The zero-order valence-electron chi connectivity index (χ0n) is 17.5. The Balaban J connectivity index is 1.37. The van der Waals surface area contributed by atoms with Crippen molar-refractivity contribution >= 4 is 23.2 Å². The third-order valence-corrected chi connectivity index (χ3v) is 6.97. The number of fused-ring (bicyclic) bond motifs is 2. The van der Waals surface area contributed by atoms with E-state index in [4.69, 9.17) is 4.74 Å². The van der Waals surface area contributed by atoms with Crippen LogP contribution in [0.5, 0.6) is 0 Å². The second-order valence-corrected chi connectivity index (χ2v) is 10.6. The Morgan fingerprint density at radius 3 is 2.66 bits per heavy atom. The monoisotopic (exact) mass is 412 g/mol. The van der Waals surface area contributed by atoms with Crippen molar-refractivity contribution in [2.24, 2.45) is 10.8 Å². The third-order valence-electron chi connectivity index (χ3n) is 6.07. The SMILES string of the molecule is Cc1ccc(-c2nc(C(=O)OCC(=O)N3C[C@]4(C)C[C@H]3CC(C)(C)C4)cs2)cc1. The summed E-state index contributed by atoms with van der Waals surface area (Å²) in [5.74, 6) is -0.638. The van der Waals surface area contributed by atoms with Crippen LogP contribution >= 0.6 is 11.3 Å². The number of carbonyl (C=O) groups excluding carboxylic acids is 2. The van der Waals surface area contributed by atoms with E-state index in [9.17, 15) is 9.59 Å². The molecule has 1 aromatic carbocycles. The lowest BCUT2D eigenvalue weighted by Crippen LogP contribution is -2.39.